The van der Waals surface area contributed by atoms with Crippen molar-refractivity contribution < 1.29 is 19.1 Å². The van der Waals surface area contributed by atoms with Crippen LogP contribution in [0.15, 0.2) is 24.3 Å². The number of halogens is 1. The number of aryl methyl sites for hydroxylation is 1. The maximum Gasteiger partial charge on any atom is 0.407 e. The molecule has 0 spiro atoms. The Morgan fingerprint density at radius 2 is 1.70 bits per heavy atom. The quantitative estimate of drug-likeness (QED) is 0.215. The van der Waals surface area contributed by atoms with Crippen LogP contribution in [0, 0.1) is 15.9 Å². The second-order valence-corrected chi connectivity index (χ2v) is 9.98. The second-order valence-electron chi connectivity index (χ2n) is 8.74. The smallest absolute Gasteiger partial charge is 0.407 e. The topological polar surface area (TPSA) is 87.7 Å². The molecule has 1 rings (SSSR count). The number of hydrogen-bond acceptors (Lipinski definition) is 4. The van der Waals surface area contributed by atoms with Gasteiger partial charge >= 0.3 is 6.09 Å². The van der Waals surface area contributed by atoms with E-state index in [1.165, 1.54) is 9.13 Å². The fraction of sp³-hybridized carbons (Fsp3) is 0.560. The van der Waals surface area contributed by atoms with Crippen LogP contribution in [-0.2, 0) is 20.7 Å². The Balaban J connectivity index is 2.19. The number of amides is 3. The summed E-state index contributed by atoms with van der Waals surface area (Å²) in [6, 6.07) is 8.30. The lowest BCUT2D eigenvalue weighted by Crippen LogP contribution is -2.36. The van der Waals surface area contributed by atoms with Crippen molar-refractivity contribution in [1.29, 1.82) is 0 Å². The molecule has 0 fully saturated rings. The molecule has 0 aromatic heterocycles. The van der Waals surface area contributed by atoms with Crippen LogP contribution in [0.25, 0.3) is 0 Å². The molecule has 0 bridgehead atoms. The Morgan fingerprint density at radius 1 is 1.03 bits per heavy atom. The lowest BCUT2D eigenvalue weighted by molar-refractivity contribution is -0.131. The molecule has 33 heavy (non-hydrogen) atoms. The van der Waals surface area contributed by atoms with Gasteiger partial charge in [0.1, 0.15) is 5.60 Å². The number of ether oxygens (including phenoxy) is 1. The minimum atomic E-state index is -0.550. The van der Waals surface area contributed by atoms with Gasteiger partial charge in [-0.3, -0.25) is 9.59 Å². The molecular weight excluding hydrogens is 533 g/mol. The average molecular weight is 569 g/mol. The van der Waals surface area contributed by atoms with Crippen molar-refractivity contribution in [2.45, 2.75) is 64.9 Å². The van der Waals surface area contributed by atoms with Gasteiger partial charge in [-0.15, -0.1) is 6.42 Å². The molecule has 8 heteroatoms. The fourth-order valence-electron chi connectivity index (χ4n) is 2.99. The van der Waals surface area contributed by atoms with E-state index >= 15 is 0 Å². The van der Waals surface area contributed by atoms with Crippen molar-refractivity contribution in [3.63, 3.8) is 0 Å². The molecule has 182 valence electrons. The van der Waals surface area contributed by atoms with Gasteiger partial charge < -0.3 is 20.3 Å². The predicted octanol–water partition coefficient (Wildman–Crippen LogP) is 3.89. The maximum atomic E-state index is 12.5. The normalized spacial score (nSPS) is 10.8. The van der Waals surface area contributed by atoms with Gasteiger partial charge in [-0.05, 0) is 86.7 Å². The number of terminal acetylenes is 1. The van der Waals surface area contributed by atoms with Gasteiger partial charge in [-0.1, -0.05) is 18.1 Å². The van der Waals surface area contributed by atoms with Crippen LogP contribution >= 0.6 is 22.6 Å². The molecule has 3 amide bonds. The van der Waals surface area contributed by atoms with E-state index in [1.54, 1.807) is 25.7 Å². The van der Waals surface area contributed by atoms with Crippen LogP contribution in [0.4, 0.5) is 4.79 Å². The second kappa shape index (κ2) is 15.5. The minimum Gasteiger partial charge on any atom is -0.444 e. The highest BCUT2D eigenvalue weighted by Crippen LogP contribution is 2.10. The Bertz CT molecular complexity index is 797. The lowest BCUT2D eigenvalue weighted by Gasteiger charge is -2.22. The summed E-state index contributed by atoms with van der Waals surface area (Å²) < 4.78 is 6.37. The monoisotopic (exact) mass is 569 g/mol. The average Bonchev–Trinajstić information content (AvgIpc) is 2.73. The van der Waals surface area contributed by atoms with E-state index < -0.39 is 11.7 Å². The molecule has 0 radical (unpaired) electrons. The number of rotatable bonds is 13. The highest BCUT2D eigenvalue weighted by molar-refractivity contribution is 14.1. The highest BCUT2D eigenvalue weighted by Gasteiger charge is 2.16. The summed E-state index contributed by atoms with van der Waals surface area (Å²) in [5.74, 6) is 2.44. The molecule has 0 saturated carbocycles. The third-order valence-electron chi connectivity index (χ3n) is 4.58. The van der Waals surface area contributed by atoms with E-state index in [0.29, 0.717) is 45.3 Å². The van der Waals surface area contributed by atoms with Gasteiger partial charge in [0.25, 0.3) is 0 Å². The van der Waals surface area contributed by atoms with Crippen LogP contribution in [0.2, 0.25) is 0 Å². The van der Waals surface area contributed by atoms with E-state index in [-0.39, 0.29) is 18.4 Å². The largest absolute Gasteiger partial charge is 0.444 e. The molecule has 0 aliphatic heterocycles. The number of alkyl carbamates (subject to hydrolysis) is 1. The van der Waals surface area contributed by atoms with Crippen LogP contribution in [0.3, 0.4) is 0 Å². The van der Waals surface area contributed by atoms with E-state index in [9.17, 15) is 14.4 Å². The van der Waals surface area contributed by atoms with Crippen molar-refractivity contribution in [2.75, 3.05) is 26.2 Å². The summed E-state index contributed by atoms with van der Waals surface area (Å²) in [6.45, 7) is 6.91. The van der Waals surface area contributed by atoms with Gasteiger partial charge in [0.2, 0.25) is 11.8 Å². The number of carbonyl (C=O) groups is 3. The molecule has 1 aromatic carbocycles. The number of nitrogens with zero attached hydrogens (tertiary/aromatic N) is 1. The number of hydrogen-bond donors (Lipinski definition) is 2. The molecule has 0 aliphatic carbocycles. The molecule has 0 atom stereocenters. The molecule has 0 heterocycles. The predicted molar refractivity (Wildman–Crippen MR) is 139 cm³/mol. The van der Waals surface area contributed by atoms with Gasteiger partial charge in [-0.25, -0.2) is 4.79 Å². The summed E-state index contributed by atoms with van der Waals surface area (Å²) >= 11 is 2.27. The van der Waals surface area contributed by atoms with Crippen molar-refractivity contribution >= 4 is 40.5 Å². The van der Waals surface area contributed by atoms with Crippen molar-refractivity contribution in [3.8, 4) is 12.3 Å². The molecule has 0 saturated heterocycles. The van der Waals surface area contributed by atoms with E-state index in [2.05, 4.69) is 63.4 Å². The first kappa shape index (κ1) is 28.8. The molecule has 0 aliphatic rings. The molecule has 1 aromatic rings. The van der Waals surface area contributed by atoms with Gasteiger partial charge in [0.15, 0.2) is 0 Å². The number of nitrogens with one attached hydrogen (secondary N) is 2. The molecule has 2 N–H and O–H groups in total. The Kier molecular flexibility index (Phi) is 13.5. The van der Waals surface area contributed by atoms with E-state index in [4.69, 9.17) is 11.2 Å². The van der Waals surface area contributed by atoms with Crippen LogP contribution in [0.5, 0.6) is 0 Å². The summed E-state index contributed by atoms with van der Waals surface area (Å²) in [5.41, 5.74) is 0.676. The molecule has 0 unspecified atom stereocenters. The maximum absolute atomic E-state index is 12.5. The standard InChI is InChI=1S/C25H36IN3O4/c1-5-18-29(19-8-17-28-24(32)33-25(2,3)4)23(31)11-7-16-27-22(30)10-6-9-20-12-14-21(26)15-13-20/h1,12-15H,6-11,16-19H2,2-4H3,(H,27,30)(H,28,32). The zero-order chi connectivity index (χ0) is 24.7. The van der Waals surface area contributed by atoms with Crippen LogP contribution in [0.1, 0.15) is 58.4 Å². The van der Waals surface area contributed by atoms with Gasteiger partial charge in [0.05, 0.1) is 6.54 Å². The third kappa shape index (κ3) is 14.5. The van der Waals surface area contributed by atoms with E-state index in [1.807, 2.05) is 0 Å². The van der Waals surface area contributed by atoms with E-state index in [0.717, 1.165) is 12.8 Å². The van der Waals surface area contributed by atoms with Crippen LogP contribution in [-0.4, -0.2) is 54.6 Å². The molecular formula is C25H36IN3O4. The van der Waals surface area contributed by atoms with Crippen molar-refractivity contribution in [1.82, 2.24) is 15.5 Å². The van der Waals surface area contributed by atoms with Crippen LogP contribution < -0.4 is 10.6 Å². The third-order valence-corrected chi connectivity index (χ3v) is 5.30. The minimum absolute atomic E-state index is 0.00154. The first-order valence-electron chi connectivity index (χ1n) is 11.3. The molecule has 7 nitrogen and oxygen atoms in total. The fourth-order valence-corrected chi connectivity index (χ4v) is 3.35. The summed E-state index contributed by atoms with van der Waals surface area (Å²) in [7, 11) is 0. The zero-order valence-electron chi connectivity index (χ0n) is 19.9. The Labute approximate surface area is 211 Å². The lowest BCUT2D eigenvalue weighted by atomic mass is 10.1. The zero-order valence-corrected chi connectivity index (χ0v) is 22.1. The number of carbonyl (C=O) groups excluding carboxylic acids is 3. The first-order valence-corrected chi connectivity index (χ1v) is 12.4. The Morgan fingerprint density at radius 3 is 2.33 bits per heavy atom. The summed E-state index contributed by atoms with van der Waals surface area (Å²) in [5, 5.41) is 5.55. The first-order chi connectivity index (χ1) is 15.6. The van der Waals surface area contributed by atoms with Gasteiger partial charge in [0, 0.05) is 36.0 Å². The number of benzene rings is 1. The highest BCUT2D eigenvalue weighted by atomic mass is 127. The summed E-state index contributed by atoms with van der Waals surface area (Å²) in [4.78, 5) is 37.7. The summed E-state index contributed by atoms with van der Waals surface area (Å²) in [6.07, 6.45) is 8.47. The van der Waals surface area contributed by atoms with Gasteiger partial charge in [-0.2, -0.15) is 0 Å². The van der Waals surface area contributed by atoms with Crippen molar-refractivity contribution in [2.24, 2.45) is 0 Å². The Hall–Kier alpha value is -2.28. The SMILES string of the molecule is C#CCN(CCCNC(=O)OC(C)(C)C)C(=O)CCCNC(=O)CCCc1ccc(I)cc1. The van der Waals surface area contributed by atoms with Crippen molar-refractivity contribution in [3.05, 3.63) is 33.4 Å².